The number of fused-ring (bicyclic) bond motifs is 1. The molecule has 7 heteroatoms. The smallest absolute Gasteiger partial charge is 0.242 e. The fourth-order valence-electron chi connectivity index (χ4n) is 2.74. The normalized spacial score (nSPS) is 14.4. The molecule has 1 aromatic carbocycles. The van der Waals surface area contributed by atoms with Gasteiger partial charge in [-0.15, -0.1) is 12.4 Å². The predicted octanol–water partition coefficient (Wildman–Crippen LogP) is 2.04. The van der Waals surface area contributed by atoms with Crippen molar-refractivity contribution in [3.8, 4) is 0 Å². The van der Waals surface area contributed by atoms with Gasteiger partial charge in [0.2, 0.25) is 5.91 Å². The summed E-state index contributed by atoms with van der Waals surface area (Å²) in [6.07, 6.45) is 1.63. The first kappa shape index (κ1) is 18.8. The number of halogens is 1. The summed E-state index contributed by atoms with van der Waals surface area (Å²) in [5.41, 5.74) is 8.30. The van der Waals surface area contributed by atoms with Gasteiger partial charge in [0.1, 0.15) is 5.75 Å². The van der Waals surface area contributed by atoms with E-state index in [1.54, 1.807) is 11.0 Å². The van der Waals surface area contributed by atoms with E-state index in [0.29, 0.717) is 12.2 Å². The van der Waals surface area contributed by atoms with Crippen LogP contribution in [0.25, 0.3) is 0 Å². The highest BCUT2D eigenvalue weighted by Gasteiger charge is 2.27. The van der Waals surface area contributed by atoms with E-state index in [1.807, 2.05) is 26.0 Å². The Morgan fingerprint density at radius 2 is 2.05 bits per heavy atom. The lowest BCUT2D eigenvalue weighted by molar-refractivity contribution is -0.116. The zero-order chi connectivity index (χ0) is 15.6. The summed E-state index contributed by atoms with van der Waals surface area (Å²) in [4.78, 5) is 13.9. The Hall–Kier alpha value is -1.27. The Balaban J connectivity index is 0.00000242. The van der Waals surface area contributed by atoms with E-state index in [0.717, 1.165) is 24.1 Å². The van der Waals surface area contributed by atoms with Crippen molar-refractivity contribution < 1.29 is 13.2 Å². The Kier molecular flexibility index (Phi) is 6.26. The van der Waals surface area contributed by atoms with E-state index in [4.69, 9.17) is 5.73 Å². The summed E-state index contributed by atoms with van der Waals surface area (Å²) >= 11 is 0. The number of anilines is 2. The lowest BCUT2D eigenvalue weighted by Gasteiger charge is -2.30. The van der Waals surface area contributed by atoms with Crippen LogP contribution in [0.3, 0.4) is 0 Å². The van der Waals surface area contributed by atoms with Crippen molar-refractivity contribution in [3.63, 3.8) is 0 Å². The third-order valence-electron chi connectivity index (χ3n) is 3.52. The summed E-state index contributed by atoms with van der Waals surface area (Å²) in [6.45, 7) is 4.21. The number of nitrogens with two attached hydrogens (primary N) is 1. The Morgan fingerprint density at radius 3 is 2.68 bits per heavy atom. The molecule has 22 heavy (non-hydrogen) atoms. The maximum absolute atomic E-state index is 12.4. The van der Waals surface area contributed by atoms with Gasteiger partial charge in [-0.2, -0.15) is 0 Å². The third-order valence-corrected chi connectivity index (χ3v) is 5.38. The van der Waals surface area contributed by atoms with Crippen molar-refractivity contribution in [1.29, 1.82) is 0 Å². The summed E-state index contributed by atoms with van der Waals surface area (Å²) in [5, 5.41) is 0. The molecule has 0 atom stereocenters. The molecule has 0 saturated carbocycles. The average Bonchev–Trinajstić information content (AvgIpc) is 2.36. The second-order valence-electron chi connectivity index (χ2n) is 5.94. The molecule has 5 nitrogen and oxygen atoms in total. The minimum absolute atomic E-state index is 0. The molecule has 0 radical (unpaired) electrons. The van der Waals surface area contributed by atoms with E-state index in [2.05, 4.69) is 0 Å². The van der Waals surface area contributed by atoms with Crippen LogP contribution in [0.2, 0.25) is 0 Å². The summed E-state index contributed by atoms with van der Waals surface area (Å²) in [7, 11) is -3.36. The number of carbonyl (C=O) groups excluding carboxylic acids is 1. The number of nitrogen functional groups attached to an aromatic ring is 1. The standard InChI is InChI=1S/C15H22N2O3S.ClH/c1-11(2)9-21(19,20)10-15(18)17-8-4-5-12-13(16)6-3-7-14(12)17;/h3,6-7,11H,4-5,8-10,16H2,1-2H3;1H. The molecule has 0 saturated heterocycles. The average molecular weight is 347 g/mol. The molecular weight excluding hydrogens is 324 g/mol. The van der Waals surface area contributed by atoms with E-state index in [9.17, 15) is 13.2 Å². The summed E-state index contributed by atoms with van der Waals surface area (Å²) in [5.74, 6) is -0.732. The second kappa shape index (κ2) is 7.33. The lowest BCUT2D eigenvalue weighted by atomic mass is 10.00. The minimum Gasteiger partial charge on any atom is -0.398 e. The maximum Gasteiger partial charge on any atom is 0.242 e. The van der Waals surface area contributed by atoms with E-state index in [-0.39, 0.29) is 30.0 Å². The first-order valence-electron chi connectivity index (χ1n) is 7.18. The monoisotopic (exact) mass is 346 g/mol. The number of hydrogen-bond acceptors (Lipinski definition) is 4. The first-order chi connectivity index (χ1) is 9.80. The van der Waals surface area contributed by atoms with Crippen LogP contribution in [0, 0.1) is 5.92 Å². The van der Waals surface area contributed by atoms with Crippen molar-refractivity contribution in [2.24, 2.45) is 5.92 Å². The summed E-state index contributed by atoms with van der Waals surface area (Å²) < 4.78 is 24.0. The fraction of sp³-hybridized carbons (Fsp3) is 0.533. The van der Waals surface area contributed by atoms with Crippen LogP contribution < -0.4 is 10.6 Å². The highest BCUT2D eigenvalue weighted by atomic mass is 35.5. The van der Waals surface area contributed by atoms with Gasteiger partial charge in [0.25, 0.3) is 0 Å². The number of benzene rings is 1. The molecule has 1 aromatic rings. The van der Waals surface area contributed by atoms with Gasteiger partial charge < -0.3 is 10.6 Å². The van der Waals surface area contributed by atoms with Crippen molar-refractivity contribution in [2.45, 2.75) is 26.7 Å². The molecule has 0 bridgehead atoms. The molecule has 0 aliphatic carbocycles. The van der Waals surface area contributed by atoms with Gasteiger partial charge in [-0.25, -0.2) is 8.42 Å². The molecule has 1 aliphatic rings. The SMILES string of the molecule is CC(C)CS(=O)(=O)CC(=O)N1CCCc2c(N)cccc21.Cl. The number of sulfone groups is 1. The molecule has 124 valence electrons. The minimum atomic E-state index is -3.36. The Morgan fingerprint density at radius 1 is 1.36 bits per heavy atom. The first-order valence-corrected chi connectivity index (χ1v) is 9.00. The van der Waals surface area contributed by atoms with Crippen LogP contribution in [0.15, 0.2) is 18.2 Å². The van der Waals surface area contributed by atoms with Crippen LogP contribution in [0.4, 0.5) is 11.4 Å². The quantitative estimate of drug-likeness (QED) is 0.846. The zero-order valence-corrected chi connectivity index (χ0v) is 14.5. The predicted molar refractivity (Wildman–Crippen MR) is 92.3 cm³/mol. The number of amides is 1. The van der Waals surface area contributed by atoms with Gasteiger partial charge in [-0.3, -0.25) is 4.79 Å². The van der Waals surface area contributed by atoms with Gasteiger partial charge in [0.05, 0.1) is 5.75 Å². The summed E-state index contributed by atoms with van der Waals surface area (Å²) in [6, 6.07) is 5.43. The van der Waals surface area contributed by atoms with Gasteiger partial charge >= 0.3 is 0 Å². The van der Waals surface area contributed by atoms with Gasteiger partial charge in [0, 0.05) is 17.9 Å². The number of hydrogen-bond donors (Lipinski definition) is 1. The van der Waals surface area contributed by atoms with Crippen LogP contribution >= 0.6 is 12.4 Å². The molecule has 2 rings (SSSR count). The molecular formula is C15H23ClN2O3S. The highest BCUT2D eigenvalue weighted by Crippen LogP contribution is 2.31. The second-order valence-corrected chi connectivity index (χ2v) is 8.05. The van der Waals surface area contributed by atoms with Crippen LogP contribution in [0.5, 0.6) is 0 Å². The van der Waals surface area contributed by atoms with Gasteiger partial charge in [-0.1, -0.05) is 19.9 Å². The van der Waals surface area contributed by atoms with Crippen molar-refractivity contribution >= 4 is 39.5 Å². The molecule has 0 aromatic heterocycles. The number of rotatable bonds is 4. The van der Waals surface area contributed by atoms with Crippen molar-refractivity contribution in [1.82, 2.24) is 0 Å². The molecule has 1 amide bonds. The fourth-order valence-corrected chi connectivity index (χ4v) is 4.41. The highest BCUT2D eigenvalue weighted by molar-refractivity contribution is 7.92. The Bertz CT molecular complexity index is 644. The van der Waals surface area contributed by atoms with Gasteiger partial charge in [-0.05, 0) is 36.5 Å². The molecule has 1 heterocycles. The Labute approximate surface area is 138 Å². The molecule has 2 N–H and O–H groups in total. The van der Waals surface area contributed by atoms with Gasteiger partial charge in [0.15, 0.2) is 9.84 Å². The molecule has 0 fully saturated rings. The van der Waals surface area contributed by atoms with E-state index < -0.39 is 15.6 Å². The topological polar surface area (TPSA) is 80.5 Å². The van der Waals surface area contributed by atoms with Crippen LogP contribution in [0.1, 0.15) is 25.8 Å². The largest absolute Gasteiger partial charge is 0.398 e. The molecule has 1 aliphatic heterocycles. The van der Waals surface area contributed by atoms with Crippen molar-refractivity contribution in [2.75, 3.05) is 28.7 Å². The number of carbonyl (C=O) groups is 1. The molecule has 0 spiro atoms. The van der Waals surface area contributed by atoms with E-state index in [1.165, 1.54) is 0 Å². The number of nitrogens with zero attached hydrogens (tertiary/aromatic N) is 1. The van der Waals surface area contributed by atoms with Crippen LogP contribution in [-0.4, -0.2) is 32.4 Å². The third kappa shape index (κ3) is 4.36. The van der Waals surface area contributed by atoms with Crippen molar-refractivity contribution in [3.05, 3.63) is 23.8 Å². The molecule has 0 unspecified atom stereocenters. The maximum atomic E-state index is 12.4. The van der Waals surface area contributed by atoms with Crippen LogP contribution in [-0.2, 0) is 21.1 Å². The van der Waals surface area contributed by atoms with E-state index >= 15 is 0 Å². The lowest BCUT2D eigenvalue weighted by Crippen LogP contribution is -2.40. The zero-order valence-electron chi connectivity index (χ0n) is 12.9.